The van der Waals surface area contributed by atoms with Crippen molar-refractivity contribution in [2.75, 3.05) is 18.0 Å². The van der Waals surface area contributed by atoms with Gasteiger partial charge in [-0.25, -0.2) is 8.42 Å². The van der Waals surface area contributed by atoms with Gasteiger partial charge in [-0.1, -0.05) is 18.2 Å². The van der Waals surface area contributed by atoms with Crippen LogP contribution >= 0.6 is 0 Å². The van der Waals surface area contributed by atoms with Gasteiger partial charge in [0.05, 0.1) is 17.7 Å². The Morgan fingerprint density at radius 2 is 1.61 bits per heavy atom. The largest absolute Gasteiger partial charge is 0.496 e. The molecular weight excluding hydrogens is 310 g/mol. The molecular formula is C18H23NO3S. The summed E-state index contributed by atoms with van der Waals surface area (Å²) in [5, 5.41) is 0. The smallest absolute Gasteiger partial charge is 0.264 e. The van der Waals surface area contributed by atoms with Gasteiger partial charge in [0.2, 0.25) is 0 Å². The van der Waals surface area contributed by atoms with Crippen molar-refractivity contribution >= 4 is 15.7 Å². The normalized spacial score (nSPS) is 11.3. The molecule has 0 saturated heterocycles. The Bertz CT molecular complexity index is 793. The topological polar surface area (TPSA) is 46.6 Å². The number of methoxy groups -OCH3 is 1. The molecule has 4 nitrogen and oxygen atoms in total. The van der Waals surface area contributed by atoms with Crippen molar-refractivity contribution in [3.63, 3.8) is 0 Å². The summed E-state index contributed by atoms with van der Waals surface area (Å²) >= 11 is 0. The third-order valence-electron chi connectivity index (χ3n) is 3.93. The van der Waals surface area contributed by atoms with E-state index < -0.39 is 10.0 Å². The van der Waals surface area contributed by atoms with Crippen molar-refractivity contribution in [1.29, 1.82) is 0 Å². The van der Waals surface area contributed by atoms with Crippen LogP contribution in [0.15, 0.2) is 41.3 Å². The van der Waals surface area contributed by atoms with E-state index in [9.17, 15) is 8.42 Å². The van der Waals surface area contributed by atoms with E-state index in [4.69, 9.17) is 4.74 Å². The van der Waals surface area contributed by atoms with Gasteiger partial charge in [0.1, 0.15) is 5.75 Å². The highest BCUT2D eigenvalue weighted by Crippen LogP contribution is 2.31. The number of hydrogen-bond acceptors (Lipinski definition) is 3. The number of sulfonamides is 1. The van der Waals surface area contributed by atoms with Gasteiger partial charge in [0.15, 0.2) is 0 Å². The summed E-state index contributed by atoms with van der Waals surface area (Å²) in [5.41, 5.74) is 3.44. The molecule has 23 heavy (non-hydrogen) atoms. The number of aryl methyl sites for hydroxylation is 3. The van der Waals surface area contributed by atoms with Crippen LogP contribution in [0, 0.1) is 20.8 Å². The van der Waals surface area contributed by atoms with E-state index in [0.717, 1.165) is 22.4 Å². The molecule has 0 fully saturated rings. The van der Waals surface area contributed by atoms with Crippen molar-refractivity contribution in [2.45, 2.75) is 32.6 Å². The summed E-state index contributed by atoms with van der Waals surface area (Å²) in [5.74, 6) is 0.680. The van der Waals surface area contributed by atoms with Gasteiger partial charge in [-0.15, -0.1) is 0 Å². The average molecular weight is 333 g/mol. The van der Waals surface area contributed by atoms with Gasteiger partial charge in [0, 0.05) is 6.54 Å². The van der Waals surface area contributed by atoms with Crippen LogP contribution in [0.5, 0.6) is 5.75 Å². The van der Waals surface area contributed by atoms with Crippen LogP contribution in [-0.4, -0.2) is 22.1 Å². The number of ether oxygens (including phenoxy) is 1. The fourth-order valence-electron chi connectivity index (χ4n) is 2.79. The zero-order valence-corrected chi connectivity index (χ0v) is 15.1. The van der Waals surface area contributed by atoms with Gasteiger partial charge in [-0.3, -0.25) is 4.31 Å². The van der Waals surface area contributed by atoms with Crippen molar-refractivity contribution in [3.05, 3.63) is 53.1 Å². The summed E-state index contributed by atoms with van der Waals surface area (Å²) in [6, 6.07) is 10.7. The van der Waals surface area contributed by atoms with Gasteiger partial charge >= 0.3 is 0 Å². The second kappa shape index (κ2) is 6.62. The lowest BCUT2D eigenvalue weighted by Gasteiger charge is -2.26. The molecule has 0 radical (unpaired) electrons. The summed E-state index contributed by atoms with van der Waals surface area (Å²) in [7, 11) is -2.04. The van der Waals surface area contributed by atoms with E-state index in [-0.39, 0.29) is 4.90 Å². The van der Waals surface area contributed by atoms with Crippen LogP contribution in [0.1, 0.15) is 23.6 Å². The maximum absolute atomic E-state index is 13.1. The van der Waals surface area contributed by atoms with Gasteiger partial charge < -0.3 is 4.74 Å². The monoisotopic (exact) mass is 333 g/mol. The second-order valence-electron chi connectivity index (χ2n) is 5.54. The molecule has 0 aliphatic heterocycles. The number of hydrogen-bond donors (Lipinski definition) is 0. The third kappa shape index (κ3) is 3.20. The lowest BCUT2D eigenvalue weighted by atomic mass is 10.1. The average Bonchev–Trinajstić information content (AvgIpc) is 2.50. The van der Waals surface area contributed by atoms with Gasteiger partial charge in [-0.05, 0) is 62.6 Å². The standard InChI is InChI=1S/C18H23NO3S/c1-6-19(18-13(2)8-7-9-14(18)3)23(20,21)16-10-11-17(22-5)15(4)12-16/h7-12H,6H2,1-5H3. The maximum Gasteiger partial charge on any atom is 0.264 e. The molecule has 0 N–H and O–H groups in total. The van der Waals surface area contributed by atoms with E-state index in [1.54, 1.807) is 25.3 Å². The van der Waals surface area contributed by atoms with E-state index in [1.807, 2.05) is 45.9 Å². The van der Waals surface area contributed by atoms with Crippen LogP contribution < -0.4 is 9.04 Å². The molecule has 2 rings (SSSR count). The molecule has 0 atom stereocenters. The zero-order valence-electron chi connectivity index (χ0n) is 14.3. The molecule has 0 aliphatic carbocycles. The first-order chi connectivity index (χ1) is 10.8. The highest BCUT2D eigenvalue weighted by molar-refractivity contribution is 7.92. The summed E-state index contributed by atoms with van der Waals surface area (Å²) in [6.07, 6.45) is 0. The quantitative estimate of drug-likeness (QED) is 0.835. The minimum absolute atomic E-state index is 0.278. The number of para-hydroxylation sites is 1. The molecule has 0 unspecified atom stereocenters. The lowest BCUT2D eigenvalue weighted by molar-refractivity contribution is 0.411. The molecule has 0 amide bonds. The molecule has 0 aliphatic rings. The van der Waals surface area contributed by atoms with Crippen molar-refractivity contribution in [3.8, 4) is 5.75 Å². The number of nitrogens with zero attached hydrogens (tertiary/aromatic N) is 1. The summed E-state index contributed by atoms with van der Waals surface area (Å²) < 4.78 is 32.9. The highest BCUT2D eigenvalue weighted by Gasteiger charge is 2.26. The number of rotatable bonds is 5. The fourth-order valence-corrected chi connectivity index (χ4v) is 4.47. The second-order valence-corrected chi connectivity index (χ2v) is 7.40. The Morgan fingerprint density at radius 1 is 1.00 bits per heavy atom. The third-order valence-corrected chi connectivity index (χ3v) is 5.80. The van der Waals surface area contributed by atoms with E-state index >= 15 is 0 Å². The first-order valence-electron chi connectivity index (χ1n) is 7.56. The van der Waals surface area contributed by atoms with Crippen molar-refractivity contribution < 1.29 is 13.2 Å². The van der Waals surface area contributed by atoms with Crippen molar-refractivity contribution in [2.24, 2.45) is 0 Å². The summed E-state index contributed by atoms with van der Waals surface area (Å²) in [4.78, 5) is 0.278. The van der Waals surface area contributed by atoms with Crippen LogP contribution in [0.2, 0.25) is 0 Å². The Hall–Kier alpha value is -2.01. The van der Waals surface area contributed by atoms with Crippen LogP contribution in [0.4, 0.5) is 5.69 Å². The molecule has 124 valence electrons. The lowest BCUT2D eigenvalue weighted by Crippen LogP contribution is -2.32. The van der Waals surface area contributed by atoms with E-state index in [0.29, 0.717) is 12.3 Å². The molecule has 2 aromatic carbocycles. The van der Waals surface area contributed by atoms with Crippen LogP contribution in [0.3, 0.4) is 0 Å². The SMILES string of the molecule is CCN(c1c(C)cccc1C)S(=O)(=O)c1ccc(OC)c(C)c1. The minimum Gasteiger partial charge on any atom is -0.496 e. The molecule has 5 heteroatoms. The molecule has 0 spiro atoms. The Labute approximate surface area is 138 Å². The molecule has 0 aromatic heterocycles. The predicted octanol–water partition coefficient (Wildman–Crippen LogP) is 3.84. The minimum atomic E-state index is -3.62. The van der Waals surface area contributed by atoms with Crippen LogP contribution in [-0.2, 0) is 10.0 Å². The first kappa shape index (κ1) is 17.3. The molecule has 0 heterocycles. The van der Waals surface area contributed by atoms with E-state index in [1.165, 1.54) is 4.31 Å². The summed E-state index contributed by atoms with van der Waals surface area (Å²) in [6.45, 7) is 7.92. The Morgan fingerprint density at radius 3 is 2.09 bits per heavy atom. The molecule has 0 saturated carbocycles. The first-order valence-corrected chi connectivity index (χ1v) is 9.00. The maximum atomic E-state index is 13.1. The van der Waals surface area contributed by atoms with Crippen molar-refractivity contribution in [1.82, 2.24) is 0 Å². The molecule has 2 aromatic rings. The highest BCUT2D eigenvalue weighted by atomic mass is 32.2. The number of anilines is 1. The van der Waals surface area contributed by atoms with Gasteiger partial charge in [-0.2, -0.15) is 0 Å². The zero-order chi connectivity index (χ0) is 17.2. The van der Waals surface area contributed by atoms with E-state index in [2.05, 4.69) is 0 Å². The van der Waals surface area contributed by atoms with Crippen LogP contribution in [0.25, 0.3) is 0 Å². The Kier molecular flexibility index (Phi) is 5.00. The number of benzene rings is 2. The molecule has 0 bridgehead atoms. The fraction of sp³-hybridized carbons (Fsp3) is 0.333. The Balaban J connectivity index is 2.58. The van der Waals surface area contributed by atoms with Gasteiger partial charge in [0.25, 0.3) is 10.0 Å². The predicted molar refractivity (Wildman–Crippen MR) is 93.9 cm³/mol.